The summed E-state index contributed by atoms with van der Waals surface area (Å²) in [6.45, 7) is 0.662. The van der Waals surface area contributed by atoms with Crippen LogP contribution in [0.25, 0.3) is 11.3 Å². The van der Waals surface area contributed by atoms with Crippen LogP contribution in [0.1, 0.15) is 5.56 Å². The van der Waals surface area contributed by atoms with Gasteiger partial charge in [0.15, 0.2) is 0 Å². The second-order valence-electron chi connectivity index (χ2n) is 4.75. The molecule has 1 aromatic heterocycles. The fraction of sp³-hybridized carbons (Fsp3) is 0.0625. The van der Waals surface area contributed by atoms with Gasteiger partial charge in [0.05, 0.1) is 12.2 Å². The van der Waals surface area contributed by atoms with E-state index in [2.05, 4.69) is 49.1 Å². The molecule has 3 nitrogen and oxygen atoms in total. The average Bonchev–Trinajstić information content (AvgIpc) is 2.83. The lowest BCUT2D eigenvalue weighted by Crippen LogP contribution is -2.05. The van der Waals surface area contributed by atoms with Crippen molar-refractivity contribution in [2.75, 3.05) is 5.73 Å². The third-order valence-electron chi connectivity index (χ3n) is 3.20. The van der Waals surface area contributed by atoms with Gasteiger partial charge in [-0.05, 0) is 29.8 Å². The van der Waals surface area contributed by atoms with Crippen LogP contribution in [0.15, 0.2) is 63.5 Å². The molecule has 21 heavy (non-hydrogen) atoms. The Morgan fingerprint density at radius 3 is 2.10 bits per heavy atom. The van der Waals surface area contributed by atoms with E-state index in [0.717, 1.165) is 25.8 Å². The molecule has 0 spiro atoms. The quantitative estimate of drug-likeness (QED) is 0.684. The molecule has 3 aromatic rings. The Morgan fingerprint density at radius 2 is 1.48 bits per heavy atom. The summed E-state index contributed by atoms with van der Waals surface area (Å²) < 4.78 is 3.93. The minimum atomic E-state index is 0.662. The van der Waals surface area contributed by atoms with Crippen LogP contribution in [0.4, 0.5) is 5.82 Å². The number of nitrogens with two attached hydrogens (primary N) is 1. The zero-order valence-electron chi connectivity index (χ0n) is 11.1. The number of benzene rings is 2. The Balaban J connectivity index is 1.87. The molecule has 0 saturated carbocycles. The minimum Gasteiger partial charge on any atom is -0.384 e. The van der Waals surface area contributed by atoms with Gasteiger partial charge < -0.3 is 5.73 Å². The molecule has 3 rings (SSSR count). The number of aromatic nitrogens is 2. The van der Waals surface area contributed by atoms with Crippen molar-refractivity contribution in [3.05, 3.63) is 69.1 Å². The number of rotatable bonds is 3. The molecule has 0 bridgehead atoms. The lowest BCUT2D eigenvalue weighted by atomic mass is 10.2. The van der Waals surface area contributed by atoms with E-state index in [1.807, 2.05) is 47.1 Å². The molecular weight excluding hydrogens is 394 g/mol. The van der Waals surface area contributed by atoms with E-state index < -0.39 is 0 Å². The predicted molar refractivity (Wildman–Crippen MR) is 93.0 cm³/mol. The summed E-state index contributed by atoms with van der Waals surface area (Å²) in [5, 5.41) is 4.59. The molecule has 2 N–H and O–H groups in total. The molecule has 0 amide bonds. The van der Waals surface area contributed by atoms with Gasteiger partial charge in [-0.15, -0.1) is 0 Å². The van der Waals surface area contributed by atoms with E-state index >= 15 is 0 Å². The fourth-order valence-electron chi connectivity index (χ4n) is 2.08. The van der Waals surface area contributed by atoms with Gasteiger partial charge in [-0.1, -0.05) is 56.1 Å². The molecule has 0 radical (unpaired) electrons. The van der Waals surface area contributed by atoms with Gasteiger partial charge >= 0.3 is 0 Å². The first kappa shape index (κ1) is 14.4. The molecule has 2 aromatic carbocycles. The third kappa shape index (κ3) is 3.36. The van der Waals surface area contributed by atoms with Crippen LogP contribution in [0.2, 0.25) is 0 Å². The van der Waals surface area contributed by atoms with Crippen molar-refractivity contribution in [3.63, 3.8) is 0 Å². The number of hydrogen-bond donors (Lipinski definition) is 1. The Morgan fingerprint density at radius 1 is 0.905 bits per heavy atom. The van der Waals surface area contributed by atoms with Crippen LogP contribution in [0, 0.1) is 0 Å². The normalized spacial score (nSPS) is 10.8. The highest BCUT2D eigenvalue weighted by molar-refractivity contribution is 9.10. The van der Waals surface area contributed by atoms with Gasteiger partial charge in [-0.25, -0.2) is 4.68 Å². The van der Waals surface area contributed by atoms with Crippen molar-refractivity contribution in [3.8, 4) is 11.3 Å². The van der Waals surface area contributed by atoms with Crippen LogP contribution in [-0.4, -0.2) is 9.78 Å². The summed E-state index contributed by atoms with van der Waals surface area (Å²) >= 11 is 6.87. The standard InChI is InChI=1S/C16H13Br2N3/c17-13-5-1-11(2-6-13)10-21-16(19)9-15(20-21)12-3-7-14(18)8-4-12/h1-9H,10,19H2. The third-order valence-corrected chi connectivity index (χ3v) is 4.25. The van der Waals surface area contributed by atoms with Crippen molar-refractivity contribution in [2.24, 2.45) is 0 Å². The minimum absolute atomic E-state index is 0.662. The zero-order valence-corrected chi connectivity index (χ0v) is 14.3. The summed E-state index contributed by atoms with van der Waals surface area (Å²) in [5.74, 6) is 0.663. The molecule has 106 valence electrons. The number of anilines is 1. The highest BCUT2D eigenvalue weighted by Crippen LogP contribution is 2.23. The monoisotopic (exact) mass is 405 g/mol. The van der Waals surface area contributed by atoms with Gasteiger partial charge in [-0.3, -0.25) is 0 Å². The van der Waals surface area contributed by atoms with E-state index in [1.54, 1.807) is 0 Å². The zero-order chi connectivity index (χ0) is 14.8. The summed E-state index contributed by atoms with van der Waals surface area (Å²) in [6.07, 6.45) is 0. The molecule has 0 fully saturated rings. The molecule has 0 aliphatic rings. The highest BCUT2D eigenvalue weighted by atomic mass is 79.9. The molecule has 0 aliphatic carbocycles. The maximum Gasteiger partial charge on any atom is 0.122 e. The smallest absolute Gasteiger partial charge is 0.122 e. The number of nitrogen functional groups attached to an aromatic ring is 1. The lowest BCUT2D eigenvalue weighted by Gasteiger charge is -2.04. The first-order valence-corrected chi connectivity index (χ1v) is 8.04. The molecule has 0 aliphatic heterocycles. The molecular formula is C16H13Br2N3. The van der Waals surface area contributed by atoms with Crippen LogP contribution in [-0.2, 0) is 6.54 Å². The molecule has 1 heterocycles. The Kier molecular flexibility index (Phi) is 4.12. The van der Waals surface area contributed by atoms with Crippen LogP contribution in [0.3, 0.4) is 0 Å². The summed E-state index contributed by atoms with van der Waals surface area (Å²) in [4.78, 5) is 0. The van der Waals surface area contributed by atoms with Crippen LogP contribution < -0.4 is 5.73 Å². The molecule has 0 atom stereocenters. The first-order chi connectivity index (χ1) is 10.1. The number of halogens is 2. The average molecular weight is 407 g/mol. The Labute approximate surface area is 140 Å². The van der Waals surface area contributed by atoms with E-state index in [0.29, 0.717) is 12.4 Å². The number of nitrogens with zero attached hydrogens (tertiary/aromatic N) is 2. The predicted octanol–water partition coefficient (Wildman–Crippen LogP) is 4.71. The van der Waals surface area contributed by atoms with Crippen molar-refractivity contribution >= 4 is 37.7 Å². The largest absolute Gasteiger partial charge is 0.384 e. The first-order valence-electron chi connectivity index (χ1n) is 6.45. The van der Waals surface area contributed by atoms with Gasteiger partial charge in [0.25, 0.3) is 0 Å². The van der Waals surface area contributed by atoms with Crippen molar-refractivity contribution in [2.45, 2.75) is 6.54 Å². The van der Waals surface area contributed by atoms with Crippen LogP contribution >= 0.6 is 31.9 Å². The van der Waals surface area contributed by atoms with Gasteiger partial charge in [0.1, 0.15) is 5.82 Å². The maximum absolute atomic E-state index is 6.07. The van der Waals surface area contributed by atoms with E-state index in [4.69, 9.17) is 5.73 Å². The Hall–Kier alpha value is -1.59. The number of hydrogen-bond acceptors (Lipinski definition) is 2. The topological polar surface area (TPSA) is 43.8 Å². The maximum atomic E-state index is 6.07. The lowest BCUT2D eigenvalue weighted by molar-refractivity contribution is 0.699. The SMILES string of the molecule is Nc1cc(-c2ccc(Br)cc2)nn1Cc1ccc(Br)cc1. The van der Waals surface area contributed by atoms with Crippen LogP contribution in [0.5, 0.6) is 0 Å². The summed E-state index contributed by atoms with van der Waals surface area (Å²) in [7, 11) is 0. The second-order valence-corrected chi connectivity index (χ2v) is 6.58. The molecule has 0 unspecified atom stereocenters. The Bertz CT molecular complexity index is 746. The van der Waals surface area contributed by atoms with Crippen molar-refractivity contribution in [1.82, 2.24) is 9.78 Å². The summed E-state index contributed by atoms with van der Waals surface area (Å²) in [6, 6.07) is 18.1. The van der Waals surface area contributed by atoms with E-state index in [-0.39, 0.29) is 0 Å². The highest BCUT2D eigenvalue weighted by Gasteiger charge is 2.07. The van der Waals surface area contributed by atoms with Gasteiger partial charge in [0, 0.05) is 20.6 Å². The summed E-state index contributed by atoms with van der Waals surface area (Å²) in [5.41, 5.74) is 9.17. The van der Waals surface area contributed by atoms with E-state index in [9.17, 15) is 0 Å². The molecule has 5 heteroatoms. The van der Waals surface area contributed by atoms with Crippen molar-refractivity contribution in [1.29, 1.82) is 0 Å². The fourth-order valence-corrected chi connectivity index (χ4v) is 2.61. The second kappa shape index (κ2) is 6.03. The van der Waals surface area contributed by atoms with Gasteiger partial charge in [-0.2, -0.15) is 5.10 Å². The van der Waals surface area contributed by atoms with Gasteiger partial charge in [0.2, 0.25) is 0 Å². The molecule has 0 saturated heterocycles. The van der Waals surface area contributed by atoms with Crippen molar-refractivity contribution < 1.29 is 0 Å². The van der Waals surface area contributed by atoms with E-state index in [1.165, 1.54) is 0 Å².